The Morgan fingerprint density at radius 3 is 2.64 bits per heavy atom. The van der Waals surface area contributed by atoms with Crippen LogP contribution < -0.4 is 0 Å². The van der Waals surface area contributed by atoms with Gasteiger partial charge in [0.25, 0.3) is 0 Å². The molecule has 4 rings (SSSR count). The van der Waals surface area contributed by atoms with Crippen LogP contribution in [0.4, 0.5) is 4.39 Å². The van der Waals surface area contributed by atoms with Crippen LogP contribution >= 0.6 is 0 Å². The van der Waals surface area contributed by atoms with Gasteiger partial charge >= 0.3 is 0 Å². The quantitative estimate of drug-likeness (QED) is 0.710. The van der Waals surface area contributed by atoms with Crippen molar-refractivity contribution >= 4 is 16.8 Å². The van der Waals surface area contributed by atoms with Gasteiger partial charge in [0.05, 0.1) is 0 Å². The summed E-state index contributed by atoms with van der Waals surface area (Å²) in [7, 11) is 0. The van der Waals surface area contributed by atoms with Crippen molar-refractivity contribution in [1.29, 1.82) is 0 Å². The molecule has 1 heterocycles. The molecule has 0 unspecified atom stereocenters. The number of aryl methyl sites for hydroxylation is 1. The molecule has 1 aromatic heterocycles. The Hall–Kier alpha value is -2.62. The maximum atomic E-state index is 13.1. The number of hydrogen-bond donors (Lipinski definition) is 1. The van der Waals surface area contributed by atoms with Crippen molar-refractivity contribution in [3.05, 3.63) is 71.7 Å². The summed E-state index contributed by atoms with van der Waals surface area (Å²) in [6.45, 7) is 0.567. The number of halogens is 1. The first-order chi connectivity index (χ1) is 12.2. The second-order valence-corrected chi connectivity index (χ2v) is 6.74. The van der Waals surface area contributed by atoms with Gasteiger partial charge in [0.15, 0.2) is 0 Å². The van der Waals surface area contributed by atoms with Crippen molar-refractivity contribution in [1.82, 2.24) is 9.88 Å². The van der Waals surface area contributed by atoms with Crippen molar-refractivity contribution in [2.75, 3.05) is 0 Å². The minimum absolute atomic E-state index is 0.178. The molecule has 1 fully saturated rings. The van der Waals surface area contributed by atoms with E-state index in [4.69, 9.17) is 0 Å². The number of aromatic nitrogens is 1. The van der Waals surface area contributed by atoms with Gasteiger partial charge < -0.3 is 9.88 Å². The molecule has 0 atom stereocenters. The highest BCUT2D eigenvalue weighted by molar-refractivity contribution is 5.84. The molecule has 1 aliphatic carbocycles. The molecule has 2 aromatic carbocycles. The number of rotatable bonds is 6. The van der Waals surface area contributed by atoms with Gasteiger partial charge in [-0.15, -0.1) is 0 Å². The van der Waals surface area contributed by atoms with Crippen molar-refractivity contribution in [3.8, 4) is 0 Å². The largest absolute Gasteiger partial charge is 0.361 e. The van der Waals surface area contributed by atoms with Gasteiger partial charge in [-0.1, -0.05) is 30.3 Å². The zero-order chi connectivity index (χ0) is 17.2. The predicted molar refractivity (Wildman–Crippen MR) is 96.6 cm³/mol. The Kier molecular flexibility index (Phi) is 4.26. The molecule has 0 bridgehead atoms. The second kappa shape index (κ2) is 6.71. The first-order valence-electron chi connectivity index (χ1n) is 8.79. The van der Waals surface area contributed by atoms with Crippen LogP contribution in [0.1, 0.15) is 30.4 Å². The molecule has 0 saturated heterocycles. The summed E-state index contributed by atoms with van der Waals surface area (Å²) in [6, 6.07) is 14.9. The van der Waals surface area contributed by atoms with E-state index in [9.17, 15) is 9.18 Å². The van der Waals surface area contributed by atoms with E-state index in [1.807, 2.05) is 29.3 Å². The van der Waals surface area contributed by atoms with Crippen LogP contribution in [0.25, 0.3) is 10.9 Å². The predicted octanol–water partition coefficient (Wildman–Crippen LogP) is 4.43. The van der Waals surface area contributed by atoms with Crippen LogP contribution in [0.2, 0.25) is 0 Å². The molecule has 1 N–H and O–H groups in total. The van der Waals surface area contributed by atoms with Crippen molar-refractivity contribution in [2.45, 2.75) is 38.3 Å². The third-order valence-electron chi connectivity index (χ3n) is 4.86. The topological polar surface area (TPSA) is 36.1 Å². The number of carbonyl (C=O) groups excluding carboxylic acids is 1. The number of benzene rings is 2. The molecule has 128 valence electrons. The van der Waals surface area contributed by atoms with E-state index < -0.39 is 0 Å². The summed E-state index contributed by atoms with van der Waals surface area (Å²) >= 11 is 0. The fraction of sp³-hybridized carbons (Fsp3) is 0.286. The molecule has 25 heavy (non-hydrogen) atoms. The highest BCUT2D eigenvalue weighted by Gasteiger charge is 2.32. The smallest absolute Gasteiger partial charge is 0.223 e. The van der Waals surface area contributed by atoms with Crippen molar-refractivity contribution < 1.29 is 9.18 Å². The Balaban J connectivity index is 1.43. The molecular formula is C21H21FN2O. The number of nitrogens with one attached hydrogen (secondary N) is 1. The summed E-state index contributed by atoms with van der Waals surface area (Å²) in [4.78, 5) is 18.0. The lowest BCUT2D eigenvalue weighted by Crippen LogP contribution is -2.32. The zero-order valence-corrected chi connectivity index (χ0v) is 14.0. The number of hydrogen-bond acceptors (Lipinski definition) is 1. The SMILES string of the molecule is O=C(CCc1c[nH]c2ccccc12)N(Cc1ccc(F)cc1)C1CC1. The van der Waals surface area contributed by atoms with Gasteiger partial charge in [0.2, 0.25) is 5.91 Å². The van der Waals surface area contributed by atoms with Crippen LogP contribution in [-0.4, -0.2) is 21.8 Å². The van der Waals surface area contributed by atoms with Gasteiger partial charge in [0.1, 0.15) is 5.82 Å². The van der Waals surface area contributed by atoms with Gasteiger partial charge in [-0.2, -0.15) is 0 Å². The molecule has 4 heteroatoms. The molecule has 1 amide bonds. The van der Waals surface area contributed by atoms with E-state index in [0.29, 0.717) is 19.0 Å². The first-order valence-corrected chi connectivity index (χ1v) is 8.79. The monoisotopic (exact) mass is 336 g/mol. The van der Waals surface area contributed by atoms with E-state index in [1.54, 1.807) is 12.1 Å². The molecule has 0 radical (unpaired) electrons. The molecule has 0 aliphatic heterocycles. The van der Waals surface area contributed by atoms with E-state index >= 15 is 0 Å². The van der Waals surface area contributed by atoms with Crippen molar-refractivity contribution in [2.24, 2.45) is 0 Å². The number of amides is 1. The maximum Gasteiger partial charge on any atom is 0.223 e. The van der Waals surface area contributed by atoms with Crippen LogP contribution in [0.3, 0.4) is 0 Å². The van der Waals surface area contributed by atoms with Gasteiger partial charge in [-0.25, -0.2) is 4.39 Å². The summed E-state index contributed by atoms with van der Waals surface area (Å²) in [6.07, 6.45) is 5.37. The van der Waals surface area contributed by atoms with E-state index in [0.717, 1.165) is 30.3 Å². The molecule has 3 aromatic rings. The number of H-pyrrole nitrogens is 1. The fourth-order valence-electron chi connectivity index (χ4n) is 3.32. The van der Waals surface area contributed by atoms with E-state index in [2.05, 4.69) is 11.1 Å². The summed E-state index contributed by atoms with van der Waals surface area (Å²) < 4.78 is 13.1. The number of carbonyl (C=O) groups is 1. The summed E-state index contributed by atoms with van der Waals surface area (Å²) in [5.74, 6) is -0.0653. The molecule has 1 aliphatic rings. The lowest BCUT2D eigenvalue weighted by atomic mass is 10.1. The molecule has 1 saturated carbocycles. The van der Waals surface area contributed by atoms with E-state index in [1.165, 1.54) is 23.1 Å². The average Bonchev–Trinajstić information content (AvgIpc) is 3.39. The van der Waals surface area contributed by atoms with Gasteiger partial charge in [-0.05, 0) is 48.6 Å². The van der Waals surface area contributed by atoms with Gasteiger partial charge in [-0.3, -0.25) is 4.79 Å². The van der Waals surface area contributed by atoms with Gasteiger partial charge in [0, 0.05) is 36.1 Å². The highest BCUT2D eigenvalue weighted by atomic mass is 19.1. The Morgan fingerprint density at radius 2 is 1.88 bits per heavy atom. The number of para-hydroxylation sites is 1. The van der Waals surface area contributed by atoms with Crippen LogP contribution in [0, 0.1) is 5.82 Å². The lowest BCUT2D eigenvalue weighted by Gasteiger charge is -2.22. The maximum absolute atomic E-state index is 13.1. The molecule has 3 nitrogen and oxygen atoms in total. The minimum Gasteiger partial charge on any atom is -0.361 e. The van der Waals surface area contributed by atoms with Crippen LogP contribution in [-0.2, 0) is 17.8 Å². The molecule has 0 spiro atoms. The fourth-order valence-corrected chi connectivity index (χ4v) is 3.32. The third-order valence-corrected chi connectivity index (χ3v) is 4.86. The lowest BCUT2D eigenvalue weighted by molar-refractivity contribution is -0.132. The highest BCUT2D eigenvalue weighted by Crippen LogP contribution is 2.29. The standard InChI is InChI=1S/C21H21FN2O/c22-17-8-5-15(6-9-17)14-24(18-10-11-18)21(25)12-7-16-13-23-20-4-2-1-3-19(16)20/h1-6,8-9,13,18,23H,7,10-12,14H2. The Morgan fingerprint density at radius 1 is 1.12 bits per heavy atom. The average molecular weight is 336 g/mol. The Labute approximate surface area is 146 Å². The van der Waals surface area contributed by atoms with E-state index in [-0.39, 0.29) is 11.7 Å². The van der Waals surface area contributed by atoms with Crippen LogP contribution in [0.5, 0.6) is 0 Å². The second-order valence-electron chi connectivity index (χ2n) is 6.74. The van der Waals surface area contributed by atoms with Crippen molar-refractivity contribution in [3.63, 3.8) is 0 Å². The minimum atomic E-state index is -0.243. The summed E-state index contributed by atoms with van der Waals surface area (Å²) in [5.41, 5.74) is 3.27. The normalized spacial score (nSPS) is 14.0. The molecular weight excluding hydrogens is 315 g/mol. The third kappa shape index (κ3) is 3.58. The van der Waals surface area contributed by atoms with Crippen LogP contribution in [0.15, 0.2) is 54.7 Å². The number of aromatic amines is 1. The zero-order valence-electron chi connectivity index (χ0n) is 14.0. The number of fused-ring (bicyclic) bond motifs is 1. The summed E-state index contributed by atoms with van der Waals surface area (Å²) in [5, 5.41) is 1.19. The first kappa shape index (κ1) is 15.9. The Bertz CT molecular complexity index is 880. The number of nitrogens with zero attached hydrogens (tertiary/aromatic N) is 1.